The van der Waals surface area contributed by atoms with E-state index in [1.54, 1.807) is 50.3 Å². The number of aliphatic hydroxyl groups excluding tert-OH is 1. The van der Waals surface area contributed by atoms with E-state index in [1.165, 1.54) is 0 Å². The molecule has 1 N–H and O–H groups in total. The van der Waals surface area contributed by atoms with Crippen LogP contribution in [0.4, 0.5) is 13.2 Å². The van der Waals surface area contributed by atoms with Gasteiger partial charge in [0, 0.05) is 0 Å². The van der Waals surface area contributed by atoms with Gasteiger partial charge in [-0.15, -0.1) is 0 Å². The molecule has 0 amide bonds. The number of pyridine rings is 1. The molecule has 2 unspecified atom stereocenters. The normalized spacial score (nSPS) is 15.8. The van der Waals surface area contributed by atoms with Gasteiger partial charge in [0.1, 0.15) is 17.6 Å². The van der Waals surface area contributed by atoms with Crippen LogP contribution in [-0.4, -0.2) is 37.5 Å². The van der Waals surface area contributed by atoms with Gasteiger partial charge in [0.15, 0.2) is 17.0 Å². The summed E-state index contributed by atoms with van der Waals surface area (Å²) >= 11 is 7.60. The highest BCUT2D eigenvalue weighted by molar-refractivity contribution is 14.1. The smallest absolute Gasteiger partial charge is 0.420 e. The average molecular weight is 513 g/mol. The zero-order chi connectivity index (χ0) is 19.6. The summed E-state index contributed by atoms with van der Waals surface area (Å²) in [4.78, 5) is 3.54. The molecule has 5 nitrogen and oxygen atoms in total. The Morgan fingerprint density at radius 2 is 2.04 bits per heavy atom. The first kappa shape index (κ1) is 22.6. The van der Waals surface area contributed by atoms with Crippen molar-refractivity contribution in [2.45, 2.75) is 44.7 Å². The Morgan fingerprint density at radius 1 is 1.48 bits per heavy atom. The molecule has 0 aliphatic carbocycles. The van der Waals surface area contributed by atoms with Gasteiger partial charge < -0.3 is 9.84 Å². The van der Waals surface area contributed by atoms with E-state index >= 15 is 0 Å². The summed E-state index contributed by atoms with van der Waals surface area (Å²) in [5.41, 5.74) is -0.187. The lowest BCUT2D eigenvalue weighted by atomic mass is 10.2. The maximum atomic E-state index is 12.6. The van der Waals surface area contributed by atoms with E-state index < -0.39 is 33.7 Å². The average Bonchev–Trinajstić information content (AvgIpc) is 2.43. The van der Waals surface area contributed by atoms with Crippen LogP contribution in [0.2, 0.25) is 5.15 Å². The van der Waals surface area contributed by atoms with Crippen molar-refractivity contribution in [2.75, 3.05) is 6.61 Å². The number of nitrogens with zero attached hydrogens (tertiary/aromatic N) is 2. The molecular weight excluding hydrogens is 496 g/mol. The first-order chi connectivity index (χ1) is 11.2. The quantitative estimate of drug-likeness (QED) is 0.364. The van der Waals surface area contributed by atoms with E-state index in [1.807, 2.05) is 0 Å². The first-order valence-electron chi connectivity index (χ1n) is 6.93. The minimum atomic E-state index is -4.85. The lowest BCUT2D eigenvalue weighted by Gasteiger charge is -2.17. The van der Waals surface area contributed by atoms with Gasteiger partial charge >= 0.3 is 6.18 Å². The minimum Gasteiger partial charge on any atom is -0.483 e. The maximum Gasteiger partial charge on any atom is 0.420 e. The van der Waals surface area contributed by atoms with Crippen molar-refractivity contribution < 1.29 is 27.2 Å². The number of aliphatic hydroxyl groups is 1. The van der Waals surface area contributed by atoms with E-state index in [-0.39, 0.29) is 21.1 Å². The van der Waals surface area contributed by atoms with Gasteiger partial charge in [0.25, 0.3) is 0 Å². The summed E-state index contributed by atoms with van der Waals surface area (Å²) in [5.74, 6) is 0.0662. The van der Waals surface area contributed by atoms with E-state index in [0.29, 0.717) is 5.71 Å². The van der Waals surface area contributed by atoms with Crippen molar-refractivity contribution in [3.63, 3.8) is 0 Å². The fourth-order valence-corrected chi connectivity index (χ4v) is 3.16. The summed E-state index contributed by atoms with van der Waals surface area (Å²) in [6.45, 7) is 6.87. The van der Waals surface area contributed by atoms with Crippen LogP contribution in [0.5, 0.6) is 5.75 Å². The second-order valence-corrected chi connectivity index (χ2v) is 9.50. The van der Waals surface area contributed by atoms with Crippen LogP contribution in [0.1, 0.15) is 39.5 Å². The highest BCUT2D eigenvalue weighted by atomic mass is 127. The Bertz CT molecular complexity index is 670. The van der Waals surface area contributed by atoms with Gasteiger partial charge in [-0.3, -0.25) is 0 Å². The summed E-state index contributed by atoms with van der Waals surface area (Å²) in [6.07, 6.45) is -7.58. The molecule has 2 atom stereocenters. The topological polar surface area (TPSA) is 71.8 Å². The summed E-state index contributed by atoms with van der Waals surface area (Å²) < 4.78 is 58.8. The number of hydrogen-bond acceptors (Lipinski definition) is 4. The first-order valence-corrected chi connectivity index (χ1v) is 9.49. The molecule has 1 aromatic rings. The Hall–Kier alpha value is -0.460. The highest BCUT2D eigenvalue weighted by Gasteiger charge is 2.41. The molecule has 0 aliphatic rings. The predicted molar refractivity (Wildman–Crippen MR) is 99.5 cm³/mol. The molecule has 11 heteroatoms. The molecular formula is C14H17ClF3IN2O3S. The fourth-order valence-electron chi connectivity index (χ4n) is 1.41. The van der Waals surface area contributed by atoms with Crippen LogP contribution in [0.3, 0.4) is 0 Å². The molecule has 0 saturated heterocycles. The van der Waals surface area contributed by atoms with Gasteiger partial charge in [-0.1, -0.05) is 11.6 Å². The molecule has 1 aromatic heterocycles. The van der Waals surface area contributed by atoms with E-state index in [9.17, 15) is 22.5 Å². The van der Waals surface area contributed by atoms with Gasteiger partial charge in [0.2, 0.25) is 0 Å². The monoisotopic (exact) mass is 512 g/mol. The van der Waals surface area contributed by atoms with Crippen LogP contribution in [0.15, 0.2) is 10.5 Å². The van der Waals surface area contributed by atoms with Crippen molar-refractivity contribution >= 4 is 50.9 Å². The number of hydrogen-bond donors (Lipinski definition) is 1. The number of halogens is 5. The lowest BCUT2D eigenvalue weighted by molar-refractivity contribution is -0.208. The van der Waals surface area contributed by atoms with Crippen LogP contribution in [0.25, 0.3) is 0 Å². The summed E-state index contributed by atoms with van der Waals surface area (Å²) in [5, 5.41) is 8.94. The van der Waals surface area contributed by atoms with Crippen LogP contribution in [0, 0.1) is 3.57 Å². The van der Waals surface area contributed by atoms with Crippen molar-refractivity contribution in [3.8, 4) is 5.75 Å². The molecule has 0 bridgehead atoms. The standard InChI is InChI=1S/C14H17ClF3IN2O3S/c1-7(21-25(23)13(2,3)4)6-24-10-8(19)5-9(20-12(10)15)11(22)14(16,17)18/h5,11,22H,6H2,1-4H3/b21-7+. The summed E-state index contributed by atoms with van der Waals surface area (Å²) in [6, 6.07) is 1.04. The highest BCUT2D eigenvalue weighted by Crippen LogP contribution is 2.36. The van der Waals surface area contributed by atoms with Crippen molar-refractivity contribution in [3.05, 3.63) is 20.5 Å². The van der Waals surface area contributed by atoms with Crippen LogP contribution >= 0.6 is 34.2 Å². The lowest BCUT2D eigenvalue weighted by Crippen LogP contribution is -2.22. The van der Waals surface area contributed by atoms with Crippen molar-refractivity contribution in [1.82, 2.24) is 4.98 Å². The third kappa shape index (κ3) is 6.65. The molecule has 0 radical (unpaired) electrons. The summed E-state index contributed by atoms with van der Waals surface area (Å²) in [7, 11) is -1.46. The minimum absolute atomic E-state index is 0.0552. The molecule has 1 heterocycles. The number of rotatable bonds is 5. The molecule has 0 aromatic carbocycles. The maximum absolute atomic E-state index is 12.6. The van der Waals surface area contributed by atoms with E-state index in [2.05, 4.69) is 9.38 Å². The Kier molecular flexibility index (Phi) is 7.67. The van der Waals surface area contributed by atoms with Crippen LogP contribution in [-0.2, 0) is 11.0 Å². The van der Waals surface area contributed by atoms with Gasteiger partial charge in [-0.25, -0.2) is 9.19 Å². The SMILES string of the molecule is C/C(COc1c(I)cc(C(O)C(F)(F)F)nc1Cl)=N\S(=O)C(C)(C)C. The molecule has 142 valence electrons. The van der Waals surface area contributed by atoms with Crippen molar-refractivity contribution in [1.29, 1.82) is 0 Å². The molecule has 25 heavy (non-hydrogen) atoms. The third-order valence-electron chi connectivity index (χ3n) is 2.68. The zero-order valence-electron chi connectivity index (χ0n) is 13.8. The Labute approximate surface area is 164 Å². The van der Waals surface area contributed by atoms with Crippen molar-refractivity contribution in [2.24, 2.45) is 4.40 Å². The molecule has 0 aliphatic heterocycles. The Balaban J connectivity index is 2.95. The van der Waals surface area contributed by atoms with Gasteiger partial charge in [0.05, 0.1) is 19.7 Å². The second-order valence-electron chi connectivity index (χ2n) is 6.07. The van der Waals surface area contributed by atoms with Gasteiger partial charge in [-0.2, -0.15) is 17.6 Å². The molecule has 1 rings (SSSR count). The fraction of sp³-hybridized carbons (Fsp3) is 0.571. The molecule has 0 spiro atoms. The Morgan fingerprint density at radius 3 is 2.48 bits per heavy atom. The number of aromatic nitrogens is 1. The number of ether oxygens (including phenoxy) is 1. The second kappa shape index (κ2) is 8.49. The zero-order valence-corrected chi connectivity index (χ0v) is 17.5. The van der Waals surface area contributed by atoms with E-state index in [4.69, 9.17) is 16.3 Å². The largest absolute Gasteiger partial charge is 0.483 e. The van der Waals surface area contributed by atoms with Crippen LogP contribution < -0.4 is 4.74 Å². The molecule has 0 saturated carbocycles. The van der Waals surface area contributed by atoms with E-state index in [0.717, 1.165) is 6.07 Å². The predicted octanol–water partition coefficient (Wildman–Crippen LogP) is 4.24. The third-order valence-corrected chi connectivity index (χ3v) is 5.27. The van der Waals surface area contributed by atoms with Gasteiger partial charge in [-0.05, 0) is 56.4 Å². The molecule has 0 fully saturated rings. The number of alkyl halides is 3.